The van der Waals surface area contributed by atoms with E-state index in [0.29, 0.717) is 16.0 Å². The first-order chi connectivity index (χ1) is 8.58. The van der Waals surface area contributed by atoms with E-state index in [2.05, 4.69) is 27.7 Å². The Morgan fingerprint density at radius 2 is 2.28 bits per heavy atom. The molecule has 7 heteroatoms. The van der Waals surface area contributed by atoms with Crippen molar-refractivity contribution in [2.75, 3.05) is 0 Å². The van der Waals surface area contributed by atoms with Gasteiger partial charge in [-0.1, -0.05) is 11.2 Å². The quantitative estimate of drug-likeness (QED) is 0.638. The minimum absolute atomic E-state index is 0.161. The first-order valence-electron chi connectivity index (χ1n) is 5.03. The molecule has 1 amide bonds. The van der Waals surface area contributed by atoms with Crippen LogP contribution in [0.15, 0.2) is 30.5 Å². The molecule has 3 N–H and O–H groups in total. The summed E-state index contributed by atoms with van der Waals surface area (Å²) in [5, 5.41) is 12.7. The molecule has 1 heterocycles. The van der Waals surface area contributed by atoms with Crippen molar-refractivity contribution in [1.82, 2.24) is 9.94 Å². The average molecular weight is 359 g/mol. The predicted octanol–water partition coefficient (Wildman–Crippen LogP) is 1.40. The molecule has 6 nitrogen and oxygen atoms in total. The van der Waals surface area contributed by atoms with Crippen LogP contribution in [0.25, 0.3) is 0 Å². The van der Waals surface area contributed by atoms with Gasteiger partial charge in [-0.15, -0.1) is 4.85 Å². The Morgan fingerprint density at radius 1 is 1.50 bits per heavy atom. The molecule has 0 atom stereocenters. The number of hydrogen-bond donors (Lipinski definition) is 2. The third-order valence-corrected chi connectivity index (χ3v) is 3.31. The molecule has 0 aliphatic heterocycles. The SMILES string of the molecule is NC(=O)c1cccc(I)c1COc1ccn(O)n1. The van der Waals surface area contributed by atoms with Crippen LogP contribution in [0.4, 0.5) is 0 Å². The number of carbonyl (C=O) groups is 1. The smallest absolute Gasteiger partial charge is 0.249 e. The van der Waals surface area contributed by atoms with Crippen LogP contribution < -0.4 is 10.5 Å². The van der Waals surface area contributed by atoms with Crippen LogP contribution in [-0.4, -0.2) is 21.1 Å². The van der Waals surface area contributed by atoms with Gasteiger partial charge in [0.05, 0.1) is 6.20 Å². The zero-order valence-electron chi connectivity index (χ0n) is 9.21. The van der Waals surface area contributed by atoms with Gasteiger partial charge in [0, 0.05) is 20.8 Å². The molecule has 0 spiro atoms. The van der Waals surface area contributed by atoms with E-state index in [4.69, 9.17) is 15.7 Å². The molecule has 0 saturated heterocycles. The van der Waals surface area contributed by atoms with Crippen molar-refractivity contribution in [2.24, 2.45) is 5.73 Å². The zero-order chi connectivity index (χ0) is 13.1. The summed E-state index contributed by atoms with van der Waals surface area (Å²) >= 11 is 2.10. The highest BCUT2D eigenvalue weighted by Gasteiger charge is 2.12. The second kappa shape index (κ2) is 5.25. The summed E-state index contributed by atoms with van der Waals surface area (Å²) in [6.07, 6.45) is 1.35. The van der Waals surface area contributed by atoms with Gasteiger partial charge in [0.25, 0.3) is 0 Å². The van der Waals surface area contributed by atoms with Gasteiger partial charge in [-0.2, -0.15) is 0 Å². The lowest BCUT2D eigenvalue weighted by Crippen LogP contribution is -2.15. The van der Waals surface area contributed by atoms with Crippen molar-refractivity contribution in [3.63, 3.8) is 0 Å². The first kappa shape index (κ1) is 12.7. The number of carbonyl (C=O) groups excluding carboxylic acids is 1. The van der Waals surface area contributed by atoms with Gasteiger partial charge in [0.15, 0.2) is 0 Å². The monoisotopic (exact) mass is 359 g/mol. The second-order valence-electron chi connectivity index (χ2n) is 3.49. The van der Waals surface area contributed by atoms with E-state index in [9.17, 15) is 4.79 Å². The predicted molar refractivity (Wildman–Crippen MR) is 71.4 cm³/mol. The second-order valence-corrected chi connectivity index (χ2v) is 4.66. The molecule has 0 bridgehead atoms. The zero-order valence-corrected chi connectivity index (χ0v) is 11.4. The Kier molecular flexibility index (Phi) is 3.70. The van der Waals surface area contributed by atoms with Crippen molar-refractivity contribution in [3.8, 4) is 5.88 Å². The molecule has 2 aromatic rings. The molecule has 2 rings (SSSR count). The van der Waals surface area contributed by atoms with E-state index in [1.807, 2.05) is 6.07 Å². The Labute approximate surface area is 116 Å². The van der Waals surface area contributed by atoms with Crippen LogP contribution in [0, 0.1) is 3.57 Å². The summed E-state index contributed by atoms with van der Waals surface area (Å²) < 4.78 is 6.26. The summed E-state index contributed by atoms with van der Waals surface area (Å²) in [6, 6.07) is 6.78. The molecule has 0 aliphatic carbocycles. The van der Waals surface area contributed by atoms with E-state index < -0.39 is 5.91 Å². The number of hydrogen-bond acceptors (Lipinski definition) is 4. The maximum atomic E-state index is 11.3. The van der Waals surface area contributed by atoms with E-state index in [1.165, 1.54) is 12.3 Å². The Morgan fingerprint density at radius 3 is 2.89 bits per heavy atom. The standard InChI is InChI=1S/C11H10IN3O3/c12-9-3-1-2-7(11(13)16)8(9)6-18-10-4-5-15(17)14-10/h1-5,17H,6H2,(H2,13,16). The number of benzene rings is 1. The Hall–Kier alpha value is -1.77. The molecule has 0 unspecified atom stereocenters. The van der Waals surface area contributed by atoms with Crippen LogP contribution in [0.1, 0.15) is 15.9 Å². The Balaban J connectivity index is 2.20. The molecule has 18 heavy (non-hydrogen) atoms. The number of amides is 1. The highest BCUT2D eigenvalue weighted by atomic mass is 127. The topological polar surface area (TPSA) is 90.4 Å². The van der Waals surface area contributed by atoms with E-state index in [0.717, 1.165) is 3.57 Å². The number of rotatable bonds is 4. The molecular weight excluding hydrogens is 349 g/mol. The normalized spacial score (nSPS) is 10.3. The molecular formula is C11H10IN3O3. The summed E-state index contributed by atoms with van der Waals surface area (Å²) in [4.78, 5) is 11.9. The largest absolute Gasteiger partial charge is 0.472 e. The summed E-state index contributed by atoms with van der Waals surface area (Å²) in [5.41, 5.74) is 6.43. The number of nitrogens with zero attached hydrogens (tertiary/aromatic N) is 2. The first-order valence-corrected chi connectivity index (χ1v) is 6.10. The van der Waals surface area contributed by atoms with Crippen molar-refractivity contribution in [2.45, 2.75) is 6.61 Å². The molecule has 0 aliphatic rings. The van der Waals surface area contributed by atoms with Crippen molar-refractivity contribution >= 4 is 28.5 Å². The average Bonchev–Trinajstić information content (AvgIpc) is 2.73. The molecule has 94 valence electrons. The molecule has 0 saturated carbocycles. The van der Waals surface area contributed by atoms with Gasteiger partial charge in [0.2, 0.25) is 11.8 Å². The maximum absolute atomic E-state index is 11.3. The van der Waals surface area contributed by atoms with Crippen LogP contribution >= 0.6 is 22.6 Å². The van der Waals surface area contributed by atoms with Gasteiger partial charge in [-0.3, -0.25) is 4.79 Å². The van der Waals surface area contributed by atoms with Gasteiger partial charge in [-0.25, -0.2) is 0 Å². The van der Waals surface area contributed by atoms with Crippen LogP contribution in [-0.2, 0) is 6.61 Å². The lowest BCUT2D eigenvalue weighted by atomic mass is 10.1. The summed E-state index contributed by atoms with van der Waals surface area (Å²) in [7, 11) is 0. The van der Waals surface area contributed by atoms with E-state index in [1.54, 1.807) is 12.1 Å². The minimum Gasteiger partial charge on any atom is -0.472 e. The van der Waals surface area contributed by atoms with E-state index in [-0.39, 0.29) is 12.5 Å². The fraction of sp³-hybridized carbons (Fsp3) is 0.0909. The third-order valence-electron chi connectivity index (χ3n) is 2.30. The highest BCUT2D eigenvalue weighted by molar-refractivity contribution is 14.1. The number of nitrogens with two attached hydrogens (primary N) is 1. The molecule has 0 fully saturated rings. The number of ether oxygens (including phenoxy) is 1. The third kappa shape index (κ3) is 2.73. The number of halogens is 1. The van der Waals surface area contributed by atoms with Crippen molar-refractivity contribution in [3.05, 3.63) is 45.2 Å². The lowest BCUT2D eigenvalue weighted by molar-refractivity contribution is 0.0997. The molecule has 1 aromatic carbocycles. The number of primary amides is 1. The Bertz CT molecular complexity index is 583. The van der Waals surface area contributed by atoms with Gasteiger partial charge in [0.1, 0.15) is 6.61 Å². The highest BCUT2D eigenvalue weighted by Crippen LogP contribution is 2.19. The van der Waals surface area contributed by atoms with Crippen LogP contribution in [0.3, 0.4) is 0 Å². The van der Waals surface area contributed by atoms with Crippen LogP contribution in [0.5, 0.6) is 5.88 Å². The number of aromatic nitrogens is 2. The van der Waals surface area contributed by atoms with Crippen molar-refractivity contribution < 1.29 is 14.7 Å². The minimum atomic E-state index is -0.500. The van der Waals surface area contributed by atoms with Crippen molar-refractivity contribution in [1.29, 1.82) is 0 Å². The van der Waals surface area contributed by atoms with Gasteiger partial charge in [-0.05, 0) is 34.7 Å². The van der Waals surface area contributed by atoms with Gasteiger partial charge < -0.3 is 15.7 Å². The van der Waals surface area contributed by atoms with E-state index >= 15 is 0 Å². The summed E-state index contributed by atoms with van der Waals surface area (Å²) in [6.45, 7) is 0.161. The lowest BCUT2D eigenvalue weighted by Gasteiger charge is -2.09. The van der Waals surface area contributed by atoms with Gasteiger partial charge >= 0.3 is 0 Å². The summed E-state index contributed by atoms with van der Waals surface area (Å²) in [5.74, 6) is -0.229. The molecule has 1 aromatic heterocycles. The van der Waals surface area contributed by atoms with Crippen LogP contribution in [0.2, 0.25) is 0 Å². The molecule has 0 radical (unpaired) electrons. The fourth-order valence-electron chi connectivity index (χ4n) is 1.46. The fourth-order valence-corrected chi connectivity index (χ4v) is 2.11. The maximum Gasteiger partial charge on any atom is 0.249 e.